The van der Waals surface area contributed by atoms with Gasteiger partial charge in [-0.25, -0.2) is 0 Å². The van der Waals surface area contributed by atoms with E-state index in [1.165, 1.54) is 24.1 Å². The minimum absolute atomic E-state index is 0.659. The highest BCUT2D eigenvalue weighted by Crippen LogP contribution is 2.35. The highest BCUT2D eigenvalue weighted by Gasteiger charge is 2.28. The number of rotatable bonds is 4. The summed E-state index contributed by atoms with van der Waals surface area (Å²) in [7, 11) is 0. The Kier molecular flexibility index (Phi) is 4.32. The Morgan fingerprint density at radius 3 is 2.69 bits per heavy atom. The van der Waals surface area contributed by atoms with Crippen LogP contribution in [-0.4, -0.2) is 37.9 Å². The number of fused-ring (bicyclic) bond motifs is 5. The van der Waals surface area contributed by atoms with Gasteiger partial charge in [-0.3, -0.25) is 0 Å². The van der Waals surface area contributed by atoms with Gasteiger partial charge in [-0.1, -0.05) is 25.5 Å². The molecule has 2 aromatic carbocycles. The van der Waals surface area contributed by atoms with Crippen LogP contribution in [-0.2, 0) is 6.54 Å². The van der Waals surface area contributed by atoms with Crippen molar-refractivity contribution in [3.05, 3.63) is 65.9 Å². The highest BCUT2D eigenvalue weighted by molar-refractivity contribution is 5.72. The van der Waals surface area contributed by atoms with Crippen molar-refractivity contribution in [1.82, 2.24) is 24.8 Å². The van der Waals surface area contributed by atoms with Crippen molar-refractivity contribution < 1.29 is 0 Å². The standard InChI is InChI=1S/C25H23N7/c1-2-3-18-13-30(14-18)22-8-9-23-21(10-22)16-31-15-20(19-6-4-17(12-26)5-7-19)11-24(31)25-27-28-29-32(23)25/h4-11,15,18H,2-3,13-14,16H2,1H3. The van der Waals surface area contributed by atoms with Crippen molar-refractivity contribution in [3.63, 3.8) is 0 Å². The van der Waals surface area contributed by atoms with E-state index in [1.54, 1.807) is 0 Å². The first-order chi connectivity index (χ1) is 15.7. The third-order valence-electron chi connectivity index (χ3n) is 6.59. The van der Waals surface area contributed by atoms with Gasteiger partial charge in [-0.05, 0) is 70.3 Å². The number of hydrogen-bond acceptors (Lipinski definition) is 5. The fourth-order valence-electron chi connectivity index (χ4n) is 4.89. The summed E-state index contributed by atoms with van der Waals surface area (Å²) in [5.41, 5.74) is 7.31. The van der Waals surface area contributed by atoms with E-state index in [2.05, 4.69) is 68.4 Å². The molecule has 0 amide bonds. The molecule has 6 rings (SSSR count). The summed E-state index contributed by atoms with van der Waals surface area (Å²) in [5.74, 6) is 1.55. The second kappa shape index (κ2) is 7.34. The molecule has 0 N–H and O–H groups in total. The normalized spacial score (nSPS) is 14.7. The molecule has 1 fully saturated rings. The van der Waals surface area contributed by atoms with E-state index in [-0.39, 0.29) is 0 Å². The molecule has 32 heavy (non-hydrogen) atoms. The number of aromatic nitrogens is 5. The molecule has 7 nitrogen and oxygen atoms in total. The molecule has 0 spiro atoms. The average Bonchev–Trinajstić information content (AvgIpc) is 3.41. The predicted molar refractivity (Wildman–Crippen MR) is 122 cm³/mol. The maximum atomic E-state index is 9.08. The lowest BCUT2D eigenvalue weighted by molar-refractivity contribution is 0.380. The summed E-state index contributed by atoms with van der Waals surface area (Å²) < 4.78 is 4.07. The van der Waals surface area contributed by atoms with Crippen molar-refractivity contribution in [1.29, 1.82) is 5.26 Å². The molecular formula is C25H23N7. The molecule has 2 aromatic heterocycles. The first kappa shape index (κ1) is 18.8. The Hall–Kier alpha value is -3.92. The van der Waals surface area contributed by atoms with Gasteiger partial charge in [0.2, 0.25) is 5.82 Å². The van der Waals surface area contributed by atoms with Crippen molar-refractivity contribution in [3.8, 4) is 34.4 Å². The Bertz CT molecular complexity index is 1330. The molecule has 2 aliphatic heterocycles. The van der Waals surface area contributed by atoms with E-state index in [1.807, 2.05) is 28.9 Å². The van der Waals surface area contributed by atoms with Crippen molar-refractivity contribution in [2.24, 2.45) is 5.92 Å². The lowest BCUT2D eigenvalue weighted by atomic mass is 9.94. The molecule has 2 aliphatic rings. The van der Waals surface area contributed by atoms with Gasteiger partial charge in [0.15, 0.2) is 0 Å². The van der Waals surface area contributed by atoms with Gasteiger partial charge in [0.25, 0.3) is 0 Å². The number of tetrazole rings is 1. The Labute approximate surface area is 186 Å². The summed E-state index contributed by atoms with van der Waals surface area (Å²) in [5, 5.41) is 21.7. The number of nitriles is 1. The number of hydrogen-bond donors (Lipinski definition) is 0. The van der Waals surface area contributed by atoms with Gasteiger partial charge >= 0.3 is 0 Å². The minimum Gasteiger partial charge on any atom is -0.371 e. The molecule has 4 heterocycles. The first-order valence-electron chi connectivity index (χ1n) is 11.1. The molecule has 1 saturated heterocycles. The fraction of sp³-hybridized carbons (Fsp3) is 0.280. The van der Waals surface area contributed by atoms with E-state index < -0.39 is 0 Å². The van der Waals surface area contributed by atoms with Crippen LogP contribution in [0.5, 0.6) is 0 Å². The van der Waals surface area contributed by atoms with Crippen molar-refractivity contribution in [2.45, 2.75) is 26.3 Å². The van der Waals surface area contributed by atoms with Crippen LogP contribution in [0, 0.1) is 17.2 Å². The van der Waals surface area contributed by atoms with Crippen LogP contribution in [0.2, 0.25) is 0 Å². The zero-order valence-electron chi connectivity index (χ0n) is 17.9. The molecule has 0 aliphatic carbocycles. The van der Waals surface area contributed by atoms with Crippen LogP contribution in [0.3, 0.4) is 0 Å². The molecule has 158 valence electrons. The number of benzene rings is 2. The third-order valence-corrected chi connectivity index (χ3v) is 6.59. The second-order valence-electron chi connectivity index (χ2n) is 8.72. The fourth-order valence-corrected chi connectivity index (χ4v) is 4.89. The monoisotopic (exact) mass is 421 g/mol. The summed E-state index contributed by atoms with van der Waals surface area (Å²) in [4.78, 5) is 2.46. The third kappa shape index (κ3) is 2.99. The molecule has 7 heteroatoms. The van der Waals surface area contributed by atoms with Gasteiger partial charge in [-0.2, -0.15) is 9.94 Å². The van der Waals surface area contributed by atoms with Gasteiger partial charge in [0.05, 0.1) is 23.0 Å². The van der Waals surface area contributed by atoms with E-state index in [4.69, 9.17) is 5.26 Å². The first-order valence-corrected chi connectivity index (χ1v) is 11.1. The Morgan fingerprint density at radius 1 is 1.06 bits per heavy atom. The van der Waals surface area contributed by atoms with E-state index in [0.717, 1.165) is 53.9 Å². The molecule has 0 atom stereocenters. The van der Waals surface area contributed by atoms with E-state index in [0.29, 0.717) is 5.56 Å². The van der Waals surface area contributed by atoms with E-state index in [9.17, 15) is 0 Å². The summed E-state index contributed by atoms with van der Waals surface area (Å²) in [6.07, 6.45) is 4.71. The van der Waals surface area contributed by atoms with Gasteiger partial charge in [-0.15, -0.1) is 5.10 Å². The van der Waals surface area contributed by atoms with Crippen molar-refractivity contribution in [2.75, 3.05) is 18.0 Å². The molecule has 4 aromatic rings. The molecular weight excluding hydrogens is 398 g/mol. The molecule has 0 saturated carbocycles. The maximum Gasteiger partial charge on any atom is 0.203 e. The van der Waals surface area contributed by atoms with Crippen LogP contribution in [0.1, 0.15) is 30.9 Å². The van der Waals surface area contributed by atoms with Gasteiger partial charge < -0.3 is 9.47 Å². The lowest BCUT2D eigenvalue weighted by Gasteiger charge is -2.41. The summed E-state index contributed by atoms with van der Waals surface area (Å²) in [6.45, 7) is 5.28. The molecule has 0 radical (unpaired) electrons. The highest BCUT2D eigenvalue weighted by atomic mass is 15.5. The predicted octanol–water partition coefficient (Wildman–Crippen LogP) is 4.27. The van der Waals surface area contributed by atoms with Crippen LogP contribution < -0.4 is 4.90 Å². The van der Waals surface area contributed by atoms with Crippen LogP contribution in [0.15, 0.2) is 54.7 Å². The smallest absolute Gasteiger partial charge is 0.203 e. The van der Waals surface area contributed by atoms with Gasteiger partial charge in [0, 0.05) is 37.1 Å². The quantitative estimate of drug-likeness (QED) is 0.433. The second-order valence-corrected chi connectivity index (χ2v) is 8.72. The Morgan fingerprint density at radius 2 is 1.91 bits per heavy atom. The zero-order valence-corrected chi connectivity index (χ0v) is 17.9. The van der Waals surface area contributed by atoms with Crippen LogP contribution in [0.25, 0.3) is 28.3 Å². The number of anilines is 1. The van der Waals surface area contributed by atoms with Crippen molar-refractivity contribution >= 4 is 5.69 Å². The van der Waals surface area contributed by atoms with E-state index >= 15 is 0 Å². The lowest BCUT2D eigenvalue weighted by Crippen LogP contribution is -2.46. The zero-order chi connectivity index (χ0) is 21.7. The van der Waals surface area contributed by atoms with Gasteiger partial charge in [0.1, 0.15) is 0 Å². The largest absolute Gasteiger partial charge is 0.371 e. The summed E-state index contributed by atoms with van der Waals surface area (Å²) >= 11 is 0. The summed E-state index contributed by atoms with van der Waals surface area (Å²) in [6, 6.07) is 18.6. The molecule has 0 unspecified atom stereocenters. The SMILES string of the molecule is CCCC1CN(c2ccc3c(c2)Cn2cc(-c4ccc(C#N)cc4)cc2-c2nnnn2-3)C1. The van der Waals surface area contributed by atoms with Crippen LogP contribution >= 0.6 is 0 Å². The number of nitrogens with zero attached hydrogens (tertiary/aromatic N) is 7. The van der Waals surface area contributed by atoms with Crippen LogP contribution in [0.4, 0.5) is 5.69 Å². The Balaban J connectivity index is 1.38. The molecule has 0 bridgehead atoms. The maximum absolute atomic E-state index is 9.08. The topological polar surface area (TPSA) is 75.6 Å². The average molecular weight is 422 g/mol. The minimum atomic E-state index is 0.659.